The van der Waals surface area contributed by atoms with Crippen LogP contribution in [0.2, 0.25) is 0 Å². The minimum absolute atomic E-state index is 0.0893. The first-order valence-corrected chi connectivity index (χ1v) is 8.40. The van der Waals surface area contributed by atoms with Gasteiger partial charge in [-0.1, -0.05) is 35.4 Å². The molecular weight excluding hydrogens is 320 g/mol. The van der Waals surface area contributed by atoms with Gasteiger partial charge in [0, 0.05) is 17.4 Å². The quantitative estimate of drug-likeness (QED) is 0.362. The molecule has 7 nitrogen and oxygen atoms in total. The Morgan fingerprint density at radius 2 is 2.00 bits per heavy atom. The average molecular weight is 344 g/mol. The standard InChI is InChI=1S/C18H24N4O3/c1-18(2,3)25-16(23)12-22-11-14(13-7-5-4-6-8-13)9-10-15(17(22)24)20-21-19/h4-8,14-15H,9-12H2,1-3H3/t14-,15-/m1/s1. The number of hydrogen-bond donors (Lipinski definition) is 0. The van der Waals surface area contributed by atoms with E-state index in [4.69, 9.17) is 10.3 Å². The maximum Gasteiger partial charge on any atom is 0.326 e. The van der Waals surface area contributed by atoms with Crippen molar-refractivity contribution in [1.29, 1.82) is 0 Å². The number of amides is 1. The van der Waals surface area contributed by atoms with E-state index in [1.54, 1.807) is 20.8 Å². The lowest BCUT2D eigenvalue weighted by molar-refractivity contribution is -0.159. The van der Waals surface area contributed by atoms with E-state index in [0.717, 1.165) is 5.56 Å². The number of ether oxygens (including phenoxy) is 1. The lowest BCUT2D eigenvalue weighted by Gasteiger charge is -2.27. The fourth-order valence-electron chi connectivity index (χ4n) is 2.98. The average Bonchev–Trinajstić information content (AvgIpc) is 2.68. The molecule has 0 N–H and O–H groups in total. The molecule has 25 heavy (non-hydrogen) atoms. The molecule has 0 unspecified atom stereocenters. The van der Waals surface area contributed by atoms with Gasteiger partial charge in [-0.25, -0.2) is 0 Å². The molecule has 1 aromatic carbocycles. The van der Waals surface area contributed by atoms with E-state index in [0.29, 0.717) is 19.4 Å². The molecule has 1 fully saturated rings. The van der Waals surface area contributed by atoms with E-state index in [1.165, 1.54) is 4.90 Å². The Bertz CT molecular complexity index is 663. The van der Waals surface area contributed by atoms with E-state index < -0.39 is 17.6 Å². The molecule has 0 radical (unpaired) electrons. The molecule has 0 spiro atoms. The number of benzene rings is 1. The van der Waals surface area contributed by atoms with Gasteiger partial charge < -0.3 is 9.64 Å². The molecule has 1 saturated heterocycles. The first kappa shape index (κ1) is 18.8. The van der Waals surface area contributed by atoms with E-state index in [-0.39, 0.29) is 18.4 Å². The molecular formula is C18H24N4O3. The summed E-state index contributed by atoms with van der Waals surface area (Å²) in [6.07, 6.45) is 1.18. The monoisotopic (exact) mass is 344 g/mol. The Morgan fingerprint density at radius 3 is 2.60 bits per heavy atom. The summed E-state index contributed by atoms with van der Waals surface area (Å²) in [5.74, 6) is -0.692. The van der Waals surface area contributed by atoms with Crippen molar-refractivity contribution in [3.63, 3.8) is 0 Å². The van der Waals surface area contributed by atoms with Gasteiger partial charge in [-0.15, -0.1) is 0 Å². The number of carbonyl (C=O) groups is 2. The second-order valence-corrected chi connectivity index (χ2v) is 7.21. The summed E-state index contributed by atoms with van der Waals surface area (Å²) in [6.45, 7) is 5.61. The molecule has 1 heterocycles. The van der Waals surface area contributed by atoms with E-state index in [2.05, 4.69) is 10.0 Å². The fraction of sp³-hybridized carbons (Fsp3) is 0.556. The highest BCUT2D eigenvalue weighted by molar-refractivity contribution is 5.86. The number of azide groups is 1. The van der Waals surface area contributed by atoms with Crippen LogP contribution in [0.3, 0.4) is 0 Å². The van der Waals surface area contributed by atoms with E-state index in [1.807, 2.05) is 30.3 Å². The van der Waals surface area contributed by atoms with Crippen LogP contribution in [-0.2, 0) is 14.3 Å². The molecule has 1 aliphatic rings. The zero-order chi connectivity index (χ0) is 18.4. The summed E-state index contributed by atoms with van der Waals surface area (Å²) in [5, 5.41) is 3.62. The van der Waals surface area contributed by atoms with Gasteiger partial charge in [0.05, 0.1) is 0 Å². The number of carbonyl (C=O) groups excluding carboxylic acids is 2. The fourth-order valence-corrected chi connectivity index (χ4v) is 2.98. The summed E-state index contributed by atoms with van der Waals surface area (Å²) in [4.78, 5) is 29.1. The molecule has 134 valence electrons. The van der Waals surface area contributed by atoms with Crippen molar-refractivity contribution in [3.8, 4) is 0 Å². The van der Waals surface area contributed by atoms with Crippen LogP contribution in [0.25, 0.3) is 10.4 Å². The summed E-state index contributed by atoms with van der Waals surface area (Å²) >= 11 is 0. The first-order valence-electron chi connectivity index (χ1n) is 8.40. The van der Waals surface area contributed by atoms with Crippen molar-refractivity contribution in [3.05, 3.63) is 46.3 Å². The smallest absolute Gasteiger partial charge is 0.326 e. The highest BCUT2D eigenvalue weighted by atomic mass is 16.6. The number of hydrogen-bond acceptors (Lipinski definition) is 4. The van der Waals surface area contributed by atoms with Crippen molar-refractivity contribution < 1.29 is 14.3 Å². The van der Waals surface area contributed by atoms with E-state index in [9.17, 15) is 9.59 Å². The van der Waals surface area contributed by atoms with Crippen molar-refractivity contribution in [2.24, 2.45) is 5.11 Å². The van der Waals surface area contributed by atoms with Gasteiger partial charge in [0.15, 0.2) is 0 Å². The Hall–Kier alpha value is -2.53. The minimum Gasteiger partial charge on any atom is -0.459 e. The minimum atomic E-state index is -0.777. The van der Waals surface area contributed by atoms with Crippen LogP contribution >= 0.6 is 0 Å². The van der Waals surface area contributed by atoms with Gasteiger partial charge in [0.25, 0.3) is 0 Å². The van der Waals surface area contributed by atoms with Gasteiger partial charge >= 0.3 is 5.97 Å². The van der Waals surface area contributed by atoms with Gasteiger partial charge in [0.2, 0.25) is 5.91 Å². The second-order valence-electron chi connectivity index (χ2n) is 7.21. The summed E-state index contributed by atoms with van der Waals surface area (Å²) in [7, 11) is 0. The predicted molar refractivity (Wildman–Crippen MR) is 93.8 cm³/mol. The molecule has 0 bridgehead atoms. The number of likely N-dealkylation sites (tertiary alicyclic amines) is 1. The van der Waals surface area contributed by atoms with Gasteiger partial charge in [0.1, 0.15) is 18.2 Å². The Labute approximate surface area is 147 Å². The molecule has 0 aromatic heterocycles. The third-order valence-corrected chi connectivity index (χ3v) is 4.03. The Kier molecular flexibility index (Phi) is 6.04. The molecule has 1 aromatic rings. The number of nitrogens with zero attached hydrogens (tertiary/aromatic N) is 4. The summed E-state index contributed by atoms with van der Waals surface area (Å²) < 4.78 is 5.33. The van der Waals surface area contributed by atoms with Gasteiger partial charge in [-0.05, 0) is 44.7 Å². The van der Waals surface area contributed by atoms with Crippen LogP contribution in [0.1, 0.15) is 45.1 Å². The van der Waals surface area contributed by atoms with Gasteiger partial charge in [-0.2, -0.15) is 0 Å². The lowest BCUT2D eigenvalue weighted by Crippen LogP contribution is -2.43. The highest BCUT2D eigenvalue weighted by Crippen LogP contribution is 2.28. The SMILES string of the molecule is CC(C)(C)OC(=O)CN1C[C@H](c2ccccc2)CC[C@@H](N=[N+]=[N-])C1=O. The molecule has 1 amide bonds. The van der Waals surface area contributed by atoms with Crippen LogP contribution in [0.4, 0.5) is 0 Å². The van der Waals surface area contributed by atoms with Crippen molar-refractivity contribution in [1.82, 2.24) is 4.90 Å². The maximum atomic E-state index is 12.7. The lowest BCUT2D eigenvalue weighted by atomic mass is 9.94. The normalized spacial score (nSPS) is 21.2. The molecule has 7 heteroatoms. The molecule has 2 rings (SSSR count). The van der Waals surface area contributed by atoms with Crippen molar-refractivity contribution >= 4 is 11.9 Å². The number of rotatable bonds is 4. The second kappa shape index (κ2) is 8.03. The third kappa shape index (κ3) is 5.50. The summed E-state index contributed by atoms with van der Waals surface area (Å²) in [5.41, 5.74) is 9.21. The Balaban J connectivity index is 2.21. The highest BCUT2D eigenvalue weighted by Gasteiger charge is 2.33. The molecule has 0 saturated carbocycles. The van der Waals surface area contributed by atoms with Crippen LogP contribution in [0.15, 0.2) is 35.4 Å². The first-order chi connectivity index (χ1) is 11.8. The van der Waals surface area contributed by atoms with Crippen LogP contribution in [-0.4, -0.2) is 41.5 Å². The maximum absolute atomic E-state index is 12.7. The van der Waals surface area contributed by atoms with Crippen LogP contribution in [0, 0.1) is 0 Å². The Morgan fingerprint density at radius 1 is 1.32 bits per heavy atom. The molecule has 0 aliphatic carbocycles. The van der Waals surface area contributed by atoms with Gasteiger partial charge in [-0.3, -0.25) is 9.59 Å². The van der Waals surface area contributed by atoms with E-state index >= 15 is 0 Å². The van der Waals surface area contributed by atoms with Crippen LogP contribution in [0.5, 0.6) is 0 Å². The predicted octanol–water partition coefficient (Wildman–Crippen LogP) is 3.41. The molecule has 1 aliphatic heterocycles. The third-order valence-electron chi connectivity index (χ3n) is 4.03. The summed E-state index contributed by atoms with van der Waals surface area (Å²) in [6, 6.07) is 9.08. The van der Waals surface area contributed by atoms with Crippen LogP contribution < -0.4 is 0 Å². The zero-order valence-corrected chi connectivity index (χ0v) is 14.9. The van der Waals surface area contributed by atoms with Crippen molar-refractivity contribution in [2.45, 2.75) is 51.2 Å². The largest absolute Gasteiger partial charge is 0.459 e. The van der Waals surface area contributed by atoms with Crippen molar-refractivity contribution in [2.75, 3.05) is 13.1 Å². The topological polar surface area (TPSA) is 95.4 Å². The zero-order valence-electron chi connectivity index (χ0n) is 14.9. The molecule has 2 atom stereocenters. The number of esters is 1.